The highest BCUT2D eigenvalue weighted by Gasteiger charge is 2.68. The fraction of sp³-hybridized carbons (Fsp3) is 0.950. The maximum Gasteiger partial charge on any atom is 0.222 e. The molecule has 1 amide bonds. The number of aliphatic hydroxyl groups excluding tert-OH is 1. The first-order valence-corrected chi connectivity index (χ1v) is 9.92. The van der Waals surface area contributed by atoms with Crippen molar-refractivity contribution in [3.05, 3.63) is 0 Å². The monoisotopic (exact) mass is 337 g/mol. The molecule has 2 N–H and O–H groups in total. The van der Waals surface area contributed by atoms with Crippen LogP contribution in [0, 0.1) is 28.6 Å². The first-order chi connectivity index (χ1) is 11.4. The number of hydrogen-bond acceptors (Lipinski definition) is 3. The van der Waals surface area contributed by atoms with Gasteiger partial charge in [-0.05, 0) is 47.8 Å². The average Bonchev–Trinajstić information content (AvgIpc) is 3.03. The summed E-state index contributed by atoms with van der Waals surface area (Å²) in [5.74, 6) is 1.87. The molecular formula is C20H35NO3. The van der Waals surface area contributed by atoms with Crippen LogP contribution in [-0.4, -0.2) is 36.4 Å². The number of nitrogens with one attached hydrogen (secondary N) is 1. The van der Waals surface area contributed by atoms with E-state index in [1.807, 2.05) is 0 Å². The van der Waals surface area contributed by atoms with E-state index in [-0.39, 0.29) is 35.8 Å². The number of aliphatic hydroxyl groups is 1. The molecule has 0 aromatic carbocycles. The molecule has 0 aromatic heterocycles. The maximum absolute atomic E-state index is 12.3. The summed E-state index contributed by atoms with van der Waals surface area (Å²) in [4.78, 5) is 12.3. The standard InChI is InChI=1S/C20H35NO3/c1-5-13(6-2)17-15-11-14-12-20(15,8-10-24-17)18(19(14,3)4)21-16(23)7-9-22/h13-15,17-18,22H,5-12H2,1-4H3,(H,21,23)/t14-,15-,17-,18-,20-/m1/s1. The van der Waals surface area contributed by atoms with Crippen LogP contribution >= 0.6 is 0 Å². The lowest BCUT2D eigenvalue weighted by molar-refractivity contribution is -0.148. The van der Waals surface area contributed by atoms with Gasteiger partial charge >= 0.3 is 0 Å². The summed E-state index contributed by atoms with van der Waals surface area (Å²) >= 11 is 0. The Balaban J connectivity index is 1.88. The number of hydrogen-bond donors (Lipinski definition) is 2. The van der Waals surface area contributed by atoms with E-state index in [2.05, 4.69) is 33.0 Å². The second-order valence-electron chi connectivity index (χ2n) is 8.93. The van der Waals surface area contributed by atoms with Crippen LogP contribution < -0.4 is 5.32 Å². The lowest BCUT2D eigenvalue weighted by Crippen LogP contribution is -2.61. The Labute approximate surface area is 146 Å². The van der Waals surface area contributed by atoms with Gasteiger partial charge in [-0.25, -0.2) is 0 Å². The molecule has 138 valence electrons. The van der Waals surface area contributed by atoms with Crippen molar-refractivity contribution in [3.8, 4) is 0 Å². The van der Waals surface area contributed by atoms with Crippen LogP contribution in [0.4, 0.5) is 0 Å². The molecule has 1 spiro atoms. The van der Waals surface area contributed by atoms with Crippen LogP contribution in [0.2, 0.25) is 0 Å². The second-order valence-corrected chi connectivity index (χ2v) is 8.93. The summed E-state index contributed by atoms with van der Waals surface area (Å²) < 4.78 is 6.30. The van der Waals surface area contributed by atoms with Crippen molar-refractivity contribution in [1.82, 2.24) is 5.32 Å². The third kappa shape index (κ3) is 2.61. The SMILES string of the molecule is CCC(CC)[C@H]1OCC[C@@]23C[C@@H](C[C@H]12)C(C)(C)[C@H]3NC(=O)CCO. The number of rotatable bonds is 6. The third-order valence-electron chi connectivity index (χ3n) is 7.71. The Kier molecular flexibility index (Phi) is 5.00. The summed E-state index contributed by atoms with van der Waals surface area (Å²) in [5, 5.41) is 12.4. The van der Waals surface area contributed by atoms with Crippen molar-refractivity contribution in [2.45, 2.75) is 78.4 Å². The van der Waals surface area contributed by atoms with Gasteiger partial charge in [0, 0.05) is 19.1 Å². The van der Waals surface area contributed by atoms with Crippen LogP contribution in [0.5, 0.6) is 0 Å². The van der Waals surface area contributed by atoms with Gasteiger partial charge in [-0.2, -0.15) is 0 Å². The highest BCUT2D eigenvalue weighted by molar-refractivity contribution is 5.76. The van der Waals surface area contributed by atoms with E-state index >= 15 is 0 Å². The highest BCUT2D eigenvalue weighted by Crippen LogP contribution is 2.69. The molecule has 3 aliphatic rings. The number of amides is 1. The topological polar surface area (TPSA) is 58.6 Å². The number of carbonyl (C=O) groups is 1. The van der Waals surface area contributed by atoms with Crippen LogP contribution in [-0.2, 0) is 9.53 Å². The van der Waals surface area contributed by atoms with E-state index in [1.165, 1.54) is 25.7 Å². The van der Waals surface area contributed by atoms with Gasteiger partial charge in [-0.3, -0.25) is 4.79 Å². The largest absolute Gasteiger partial charge is 0.396 e. The third-order valence-corrected chi connectivity index (χ3v) is 7.71. The number of carbonyl (C=O) groups excluding carboxylic acids is 1. The normalized spacial score (nSPS) is 39.9. The van der Waals surface area contributed by atoms with Gasteiger partial charge in [0.1, 0.15) is 0 Å². The lowest BCUT2D eigenvalue weighted by atomic mass is 9.58. The lowest BCUT2D eigenvalue weighted by Gasteiger charge is -2.54. The summed E-state index contributed by atoms with van der Waals surface area (Å²) in [6.07, 6.45) is 6.46. The minimum atomic E-state index is -0.0711. The van der Waals surface area contributed by atoms with Crippen LogP contribution in [0.15, 0.2) is 0 Å². The van der Waals surface area contributed by atoms with Gasteiger partial charge in [-0.15, -0.1) is 0 Å². The number of fused-ring (bicyclic) bond motifs is 1. The van der Waals surface area contributed by atoms with Crippen molar-refractivity contribution in [2.75, 3.05) is 13.2 Å². The van der Waals surface area contributed by atoms with Gasteiger partial charge in [-0.1, -0.05) is 40.5 Å². The molecule has 1 saturated heterocycles. The predicted octanol–water partition coefficient (Wildman–Crippen LogP) is 3.13. The molecule has 2 saturated carbocycles. The van der Waals surface area contributed by atoms with Gasteiger partial charge < -0.3 is 15.2 Å². The quantitative estimate of drug-likeness (QED) is 0.783. The smallest absolute Gasteiger partial charge is 0.222 e. The van der Waals surface area contributed by atoms with Gasteiger partial charge in [0.05, 0.1) is 12.7 Å². The van der Waals surface area contributed by atoms with E-state index in [0.717, 1.165) is 13.0 Å². The Hall–Kier alpha value is -0.610. The first-order valence-electron chi connectivity index (χ1n) is 9.92. The first kappa shape index (κ1) is 18.2. The molecule has 0 aromatic rings. The zero-order valence-electron chi connectivity index (χ0n) is 15.8. The minimum absolute atomic E-state index is 0.00169. The molecule has 2 bridgehead atoms. The molecule has 3 rings (SSSR count). The van der Waals surface area contributed by atoms with Gasteiger partial charge in [0.2, 0.25) is 5.91 Å². The average molecular weight is 338 g/mol. The molecule has 0 radical (unpaired) electrons. The zero-order valence-corrected chi connectivity index (χ0v) is 15.8. The van der Waals surface area contributed by atoms with Crippen LogP contribution in [0.1, 0.15) is 66.2 Å². The highest BCUT2D eigenvalue weighted by atomic mass is 16.5. The molecule has 1 aliphatic heterocycles. The molecule has 24 heavy (non-hydrogen) atoms. The van der Waals surface area contributed by atoms with Crippen molar-refractivity contribution >= 4 is 5.91 Å². The summed E-state index contributed by atoms with van der Waals surface area (Å²) in [7, 11) is 0. The molecule has 2 aliphatic carbocycles. The van der Waals surface area contributed by atoms with E-state index in [4.69, 9.17) is 9.84 Å². The molecule has 0 unspecified atom stereocenters. The van der Waals surface area contributed by atoms with Crippen molar-refractivity contribution in [2.24, 2.45) is 28.6 Å². The molecule has 3 fully saturated rings. The predicted molar refractivity (Wildman–Crippen MR) is 94.5 cm³/mol. The molecule has 1 heterocycles. The van der Waals surface area contributed by atoms with E-state index in [0.29, 0.717) is 23.9 Å². The summed E-state index contributed by atoms with van der Waals surface area (Å²) in [5.41, 5.74) is 0.336. The van der Waals surface area contributed by atoms with Crippen molar-refractivity contribution < 1.29 is 14.6 Å². The molecule has 4 nitrogen and oxygen atoms in total. The second kappa shape index (κ2) is 6.60. The minimum Gasteiger partial charge on any atom is -0.396 e. The molecule has 4 heteroatoms. The van der Waals surface area contributed by atoms with E-state index < -0.39 is 0 Å². The van der Waals surface area contributed by atoms with Crippen LogP contribution in [0.3, 0.4) is 0 Å². The summed E-state index contributed by atoms with van der Waals surface area (Å²) in [6, 6.07) is 0.216. The summed E-state index contributed by atoms with van der Waals surface area (Å²) in [6.45, 7) is 9.96. The van der Waals surface area contributed by atoms with Crippen LogP contribution in [0.25, 0.3) is 0 Å². The Morgan fingerprint density at radius 1 is 1.33 bits per heavy atom. The Morgan fingerprint density at radius 3 is 2.67 bits per heavy atom. The van der Waals surface area contributed by atoms with Crippen molar-refractivity contribution in [3.63, 3.8) is 0 Å². The van der Waals surface area contributed by atoms with Crippen molar-refractivity contribution in [1.29, 1.82) is 0 Å². The van der Waals surface area contributed by atoms with Gasteiger partial charge in [0.15, 0.2) is 0 Å². The Morgan fingerprint density at radius 2 is 2.04 bits per heavy atom. The Bertz CT molecular complexity index is 474. The fourth-order valence-corrected chi connectivity index (χ4v) is 6.39. The fourth-order valence-electron chi connectivity index (χ4n) is 6.39. The van der Waals surface area contributed by atoms with Gasteiger partial charge in [0.25, 0.3) is 0 Å². The zero-order chi connectivity index (χ0) is 17.5. The number of ether oxygens (including phenoxy) is 1. The van der Waals surface area contributed by atoms with E-state index in [1.54, 1.807) is 0 Å². The molecular weight excluding hydrogens is 302 g/mol. The molecule has 5 atom stereocenters. The van der Waals surface area contributed by atoms with E-state index in [9.17, 15) is 4.79 Å². The maximum atomic E-state index is 12.3.